The first-order valence-electron chi connectivity index (χ1n) is 7.43. The van der Waals surface area contributed by atoms with Gasteiger partial charge in [-0.15, -0.1) is 0 Å². The minimum absolute atomic E-state index is 0.121. The van der Waals surface area contributed by atoms with Crippen LogP contribution in [0, 0.1) is 0 Å². The lowest BCUT2D eigenvalue weighted by molar-refractivity contribution is -0.122. The first-order valence-corrected chi connectivity index (χ1v) is 7.43. The van der Waals surface area contributed by atoms with E-state index in [1.54, 1.807) is 13.8 Å². The highest BCUT2D eigenvalue weighted by atomic mass is 16.6. The predicted octanol–water partition coefficient (Wildman–Crippen LogP) is 2.31. The number of hydrogen-bond donors (Lipinski definition) is 1. The largest absolute Gasteiger partial charge is 0.449 e. The van der Waals surface area contributed by atoms with Crippen molar-refractivity contribution in [2.75, 3.05) is 13.2 Å². The van der Waals surface area contributed by atoms with Crippen molar-refractivity contribution in [1.82, 2.24) is 10.4 Å². The summed E-state index contributed by atoms with van der Waals surface area (Å²) in [5, 5.41) is 0.886. The zero-order chi connectivity index (χ0) is 17.2. The summed E-state index contributed by atoms with van der Waals surface area (Å²) < 4.78 is 9.69. The van der Waals surface area contributed by atoms with E-state index in [4.69, 9.17) is 9.47 Å². The average Bonchev–Trinajstić information content (AvgIpc) is 2.52. The van der Waals surface area contributed by atoms with Crippen LogP contribution in [0.15, 0.2) is 30.3 Å². The number of ether oxygens (including phenoxy) is 2. The molecule has 1 rings (SSSR count). The number of nitrogens with zero attached hydrogens (tertiary/aromatic N) is 1. The van der Waals surface area contributed by atoms with Crippen molar-refractivity contribution < 1.29 is 23.9 Å². The SMILES string of the molecule is CCOC(=O)NN(C(=O)OCC)[C@H](Cc1ccccc1)C(C)=O. The van der Waals surface area contributed by atoms with Crippen LogP contribution in [0.2, 0.25) is 0 Å². The fraction of sp³-hybridized carbons (Fsp3) is 0.438. The number of hydrogen-bond acceptors (Lipinski definition) is 5. The van der Waals surface area contributed by atoms with E-state index in [9.17, 15) is 14.4 Å². The van der Waals surface area contributed by atoms with Gasteiger partial charge < -0.3 is 9.47 Å². The Labute approximate surface area is 135 Å². The van der Waals surface area contributed by atoms with Crippen molar-refractivity contribution in [2.45, 2.75) is 33.2 Å². The molecule has 0 aliphatic carbocycles. The van der Waals surface area contributed by atoms with Gasteiger partial charge in [-0.1, -0.05) is 30.3 Å². The van der Waals surface area contributed by atoms with Crippen LogP contribution < -0.4 is 5.43 Å². The second-order valence-corrected chi connectivity index (χ2v) is 4.72. The van der Waals surface area contributed by atoms with Crippen molar-refractivity contribution in [3.8, 4) is 0 Å². The summed E-state index contributed by atoms with van der Waals surface area (Å²) in [7, 11) is 0. The van der Waals surface area contributed by atoms with E-state index >= 15 is 0 Å². The van der Waals surface area contributed by atoms with Crippen molar-refractivity contribution in [3.05, 3.63) is 35.9 Å². The number of ketones is 1. The van der Waals surface area contributed by atoms with E-state index in [2.05, 4.69) is 5.43 Å². The van der Waals surface area contributed by atoms with E-state index in [-0.39, 0.29) is 25.4 Å². The van der Waals surface area contributed by atoms with E-state index in [1.165, 1.54) is 6.92 Å². The van der Waals surface area contributed by atoms with Crippen molar-refractivity contribution in [3.63, 3.8) is 0 Å². The molecule has 0 fully saturated rings. The third-order valence-corrected chi connectivity index (χ3v) is 3.00. The maximum Gasteiger partial charge on any atom is 0.429 e. The normalized spacial score (nSPS) is 11.3. The number of hydrazine groups is 1. The highest BCUT2D eigenvalue weighted by Gasteiger charge is 2.30. The highest BCUT2D eigenvalue weighted by molar-refractivity contribution is 5.86. The quantitative estimate of drug-likeness (QED) is 0.812. The van der Waals surface area contributed by atoms with E-state index in [0.29, 0.717) is 0 Å². The number of nitrogens with one attached hydrogen (secondary N) is 1. The van der Waals surface area contributed by atoms with Gasteiger partial charge in [-0.3, -0.25) is 4.79 Å². The Balaban J connectivity index is 2.99. The van der Waals surface area contributed by atoms with Gasteiger partial charge in [0, 0.05) is 6.42 Å². The Morgan fingerprint density at radius 3 is 2.22 bits per heavy atom. The number of carbonyl (C=O) groups is 3. The van der Waals surface area contributed by atoms with Crippen LogP contribution in [0.4, 0.5) is 9.59 Å². The molecule has 1 N–H and O–H groups in total. The summed E-state index contributed by atoms with van der Waals surface area (Å²) in [6.45, 7) is 4.90. The van der Waals surface area contributed by atoms with Crippen LogP contribution in [0.3, 0.4) is 0 Å². The average molecular weight is 322 g/mol. The molecule has 23 heavy (non-hydrogen) atoms. The Kier molecular flexibility index (Phi) is 7.59. The molecule has 0 spiro atoms. The molecule has 0 saturated heterocycles. The zero-order valence-corrected chi connectivity index (χ0v) is 13.6. The van der Waals surface area contributed by atoms with Gasteiger partial charge in [-0.25, -0.2) is 20.0 Å². The second kappa shape index (κ2) is 9.45. The summed E-state index contributed by atoms with van der Waals surface area (Å²) in [5.74, 6) is -0.279. The van der Waals surface area contributed by atoms with Gasteiger partial charge in [-0.05, 0) is 26.3 Å². The first kappa shape index (κ1) is 18.5. The van der Waals surface area contributed by atoms with Gasteiger partial charge in [0.05, 0.1) is 13.2 Å². The molecule has 0 saturated carbocycles. The lowest BCUT2D eigenvalue weighted by atomic mass is 10.0. The molecule has 0 aliphatic heterocycles. The lowest BCUT2D eigenvalue weighted by Crippen LogP contribution is -2.55. The Morgan fingerprint density at radius 1 is 1.09 bits per heavy atom. The second-order valence-electron chi connectivity index (χ2n) is 4.72. The number of amides is 2. The minimum atomic E-state index is -0.888. The van der Waals surface area contributed by atoms with Crippen LogP contribution in [0.25, 0.3) is 0 Å². The molecule has 7 nitrogen and oxygen atoms in total. The highest BCUT2D eigenvalue weighted by Crippen LogP contribution is 2.10. The lowest BCUT2D eigenvalue weighted by Gasteiger charge is -2.28. The van der Waals surface area contributed by atoms with Crippen molar-refractivity contribution in [1.29, 1.82) is 0 Å². The Morgan fingerprint density at radius 2 is 1.70 bits per heavy atom. The molecule has 0 aliphatic rings. The summed E-state index contributed by atoms with van der Waals surface area (Å²) >= 11 is 0. The standard InChI is InChI=1S/C16H22N2O5/c1-4-22-15(20)17-18(16(21)23-5-2)14(12(3)19)11-13-9-7-6-8-10-13/h6-10,14H,4-5,11H2,1-3H3,(H,17,20)/t14-/m1/s1. The Bertz CT molecular complexity index is 533. The number of rotatable bonds is 6. The fourth-order valence-corrected chi connectivity index (χ4v) is 1.96. The molecule has 1 aromatic carbocycles. The first-order chi connectivity index (χ1) is 11.0. The van der Waals surface area contributed by atoms with Crippen LogP contribution in [0.5, 0.6) is 0 Å². The fourth-order valence-electron chi connectivity index (χ4n) is 1.96. The van der Waals surface area contributed by atoms with Gasteiger partial charge in [0.25, 0.3) is 0 Å². The molecule has 1 atom stereocenters. The maximum atomic E-state index is 12.1. The van der Waals surface area contributed by atoms with Crippen molar-refractivity contribution >= 4 is 18.0 Å². The molecular weight excluding hydrogens is 300 g/mol. The Hall–Kier alpha value is -2.57. The monoisotopic (exact) mass is 322 g/mol. The summed E-state index contributed by atoms with van der Waals surface area (Å²) in [6.07, 6.45) is -1.38. The molecule has 126 valence electrons. The molecular formula is C16H22N2O5. The molecule has 2 amide bonds. The molecule has 1 aromatic rings. The third kappa shape index (κ3) is 5.98. The van der Waals surface area contributed by atoms with Gasteiger partial charge in [0.1, 0.15) is 6.04 Å². The van der Waals surface area contributed by atoms with Crippen LogP contribution in [0.1, 0.15) is 26.3 Å². The van der Waals surface area contributed by atoms with Crippen LogP contribution >= 0.6 is 0 Å². The molecule has 0 radical (unpaired) electrons. The van der Waals surface area contributed by atoms with Gasteiger partial charge in [0.2, 0.25) is 0 Å². The molecule has 0 bridgehead atoms. The third-order valence-electron chi connectivity index (χ3n) is 3.00. The number of Topliss-reactive ketones (excluding diaryl/α,β-unsaturated/α-hetero) is 1. The molecule has 0 unspecified atom stereocenters. The minimum Gasteiger partial charge on any atom is -0.449 e. The van der Waals surface area contributed by atoms with Gasteiger partial charge in [-0.2, -0.15) is 0 Å². The molecule has 7 heteroatoms. The molecule has 0 aromatic heterocycles. The zero-order valence-electron chi connectivity index (χ0n) is 13.6. The van der Waals surface area contributed by atoms with Gasteiger partial charge in [0.15, 0.2) is 5.78 Å². The summed E-state index contributed by atoms with van der Waals surface area (Å²) in [5.41, 5.74) is 3.14. The van der Waals surface area contributed by atoms with E-state index in [1.807, 2.05) is 30.3 Å². The van der Waals surface area contributed by atoms with E-state index < -0.39 is 18.2 Å². The summed E-state index contributed by atoms with van der Waals surface area (Å²) in [4.78, 5) is 35.7. The number of benzene rings is 1. The topological polar surface area (TPSA) is 84.9 Å². The van der Waals surface area contributed by atoms with Crippen molar-refractivity contribution in [2.24, 2.45) is 0 Å². The maximum absolute atomic E-state index is 12.1. The number of carbonyl (C=O) groups excluding carboxylic acids is 3. The van der Waals surface area contributed by atoms with Crippen LogP contribution in [-0.4, -0.2) is 42.2 Å². The van der Waals surface area contributed by atoms with Gasteiger partial charge >= 0.3 is 12.2 Å². The smallest absolute Gasteiger partial charge is 0.429 e. The van der Waals surface area contributed by atoms with Crippen LogP contribution in [-0.2, 0) is 20.7 Å². The van der Waals surface area contributed by atoms with E-state index in [0.717, 1.165) is 10.6 Å². The predicted molar refractivity (Wildman–Crippen MR) is 83.6 cm³/mol. The molecule has 0 heterocycles. The summed E-state index contributed by atoms with van der Waals surface area (Å²) in [6, 6.07) is 8.31.